The molecule has 1 fully saturated rings. The highest BCUT2D eigenvalue weighted by Gasteiger charge is 2.27. The maximum absolute atomic E-state index is 5.57. The van der Waals surface area contributed by atoms with Crippen LogP contribution in [0.3, 0.4) is 0 Å². The second-order valence-corrected chi connectivity index (χ2v) is 8.38. The van der Waals surface area contributed by atoms with Gasteiger partial charge in [-0.3, -0.25) is 9.89 Å². The second-order valence-electron chi connectivity index (χ2n) is 8.38. The normalized spacial score (nSPS) is 15.8. The molecule has 1 aromatic carbocycles. The summed E-state index contributed by atoms with van der Waals surface area (Å²) in [4.78, 5) is 11.6. The van der Waals surface area contributed by atoms with E-state index in [-0.39, 0.29) is 24.0 Å². The van der Waals surface area contributed by atoms with Crippen LogP contribution in [0.5, 0.6) is 0 Å². The minimum atomic E-state index is 0. The fraction of sp³-hybridized carbons (Fsp3) is 0.600. The molecule has 33 heavy (non-hydrogen) atoms. The van der Waals surface area contributed by atoms with Crippen molar-refractivity contribution in [2.45, 2.75) is 45.7 Å². The van der Waals surface area contributed by atoms with Crippen molar-refractivity contribution in [1.82, 2.24) is 25.1 Å². The molecule has 1 aromatic heterocycles. The third kappa shape index (κ3) is 8.57. The van der Waals surface area contributed by atoms with Crippen molar-refractivity contribution in [3.8, 4) is 0 Å². The lowest BCUT2D eigenvalue weighted by Gasteiger charge is -2.39. The van der Waals surface area contributed by atoms with Gasteiger partial charge in [0, 0.05) is 64.6 Å². The van der Waals surface area contributed by atoms with Crippen LogP contribution in [0.15, 0.2) is 47.7 Å². The Morgan fingerprint density at radius 2 is 1.85 bits per heavy atom. The highest BCUT2D eigenvalue weighted by molar-refractivity contribution is 14.0. The van der Waals surface area contributed by atoms with Crippen LogP contribution in [0, 0.1) is 5.92 Å². The Bertz CT molecular complexity index is 802. The first kappa shape index (κ1) is 27.6. The molecule has 0 bridgehead atoms. The Morgan fingerprint density at radius 1 is 1.12 bits per heavy atom. The van der Waals surface area contributed by atoms with Crippen LogP contribution in [-0.2, 0) is 17.7 Å². The van der Waals surface area contributed by atoms with Gasteiger partial charge in [0.25, 0.3) is 0 Å². The number of rotatable bonds is 11. The molecule has 0 aliphatic carbocycles. The molecule has 1 aliphatic heterocycles. The molecule has 0 amide bonds. The average molecular weight is 569 g/mol. The van der Waals surface area contributed by atoms with Gasteiger partial charge in [-0.2, -0.15) is 0 Å². The molecule has 1 saturated heterocycles. The maximum Gasteiger partial charge on any atom is 0.191 e. The molecule has 2 aromatic rings. The third-order valence-corrected chi connectivity index (χ3v) is 6.45. The third-order valence-electron chi connectivity index (χ3n) is 6.45. The predicted octanol–water partition coefficient (Wildman–Crippen LogP) is 3.39. The van der Waals surface area contributed by atoms with Crippen LogP contribution in [0.25, 0.3) is 0 Å². The monoisotopic (exact) mass is 568 g/mol. The minimum absolute atomic E-state index is 0. The lowest BCUT2D eigenvalue weighted by atomic mass is 9.92. The quantitative estimate of drug-likeness (QED) is 0.247. The molecular formula is C25H41IN6O. The van der Waals surface area contributed by atoms with E-state index in [9.17, 15) is 0 Å². The number of ether oxygens (including phenoxy) is 1. The minimum Gasteiger partial charge on any atom is -0.379 e. The van der Waals surface area contributed by atoms with Crippen molar-refractivity contribution in [1.29, 1.82) is 0 Å². The predicted molar refractivity (Wildman–Crippen MR) is 147 cm³/mol. The number of guanidine groups is 1. The van der Waals surface area contributed by atoms with Crippen LogP contribution in [-0.4, -0.2) is 72.9 Å². The van der Waals surface area contributed by atoms with E-state index in [0.717, 1.165) is 64.1 Å². The molecule has 1 atom stereocenters. The summed E-state index contributed by atoms with van der Waals surface area (Å²) in [6, 6.07) is 11.0. The fourth-order valence-electron chi connectivity index (χ4n) is 4.54. The van der Waals surface area contributed by atoms with Crippen molar-refractivity contribution in [2.24, 2.45) is 10.9 Å². The van der Waals surface area contributed by atoms with Gasteiger partial charge in [0.2, 0.25) is 0 Å². The molecule has 0 saturated carbocycles. The van der Waals surface area contributed by atoms with Crippen LogP contribution in [0.4, 0.5) is 0 Å². The standard InChI is InChI=1S/C25H40N6O.HI/c1-4-22(5-2)23(30-15-17-32-18-16-30)19-29-25(26-3)28-12-11-24-27-13-14-31(24)20-21-9-7-6-8-10-21;/h6-10,13-14,22-23H,4-5,11-12,15-20H2,1-3H3,(H2,26,28,29);1H. The Balaban J connectivity index is 0.00000385. The number of benzene rings is 1. The van der Waals surface area contributed by atoms with Gasteiger partial charge >= 0.3 is 0 Å². The smallest absolute Gasteiger partial charge is 0.191 e. The average Bonchev–Trinajstić information content (AvgIpc) is 3.28. The zero-order valence-corrected chi connectivity index (χ0v) is 22.7. The zero-order chi connectivity index (χ0) is 22.6. The number of aromatic nitrogens is 2. The van der Waals surface area contributed by atoms with Gasteiger partial charge in [-0.25, -0.2) is 4.98 Å². The van der Waals surface area contributed by atoms with E-state index in [1.165, 1.54) is 18.4 Å². The van der Waals surface area contributed by atoms with Gasteiger partial charge in [0.05, 0.1) is 13.2 Å². The van der Waals surface area contributed by atoms with Gasteiger partial charge in [-0.05, 0) is 11.5 Å². The topological polar surface area (TPSA) is 66.7 Å². The summed E-state index contributed by atoms with van der Waals surface area (Å²) in [5.41, 5.74) is 1.28. The number of imidazole rings is 1. The largest absolute Gasteiger partial charge is 0.379 e. The molecule has 1 unspecified atom stereocenters. The molecule has 2 N–H and O–H groups in total. The molecule has 8 heteroatoms. The molecule has 7 nitrogen and oxygen atoms in total. The number of nitrogens with zero attached hydrogens (tertiary/aromatic N) is 4. The van der Waals surface area contributed by atoms with Crippen molar-refractivity contribution in [3.05, 3.63) is 54.1 Å². The van der Waals surface area contributed by atoms with E-state index >= 15 is 0 Å². The highest BCUT2D eigenvalue weighted by Crippen LogP contribution is 2.19. The van der Waals surface area contributed by atoms with Crippen LogP contribution >= 0.6 is 24.0 Å². The second kappa shape index (κ2) is 15.3. The summed E-state index contributed by atoms with van der Waals surface area (Å²) in [6.07, 6.45) is 7.17. The number of morpholine rings is 1. The van der Waals surface area contributed by atoms with Gasteiger partial charge in [-0.15, -0.1) is 24.0 Å². The fourth-order valence-corrected chi connectivity index (χ4v) is 4.54. The lowest BCUT2D eigenvalue weighted by Crippen LogP contribution is -2.53. The number of hydrogen-bond donors (Lipinski definition) is 2. The van der Waals surface area contributed by atoms with E-state index in [2.05, 4.69) is 74.4 Å². The van der Waals surface area contributed by atoms with Gasteiger partial charge in [-0.1, -0.05) is 57.0 Å². The van der Waals surface area contributed by atoms with Crippen LogP contribution in [0.1, 0.15) is 38.1 Å². The molecular weight excluding hydrogens is 527 g/mol. The molecule has 0 spiro atoms. The van der Waals surface area contributed by atoms with Gasteiger partial charge < -0.3 is 19.9 Å². The van der Waals surface area contributed by atoms with Crippen molar-refractivity contribution in [2.75, 3.05) is 46.4 Å². The van der Waals surface area contributed by atoms with E-state index < -0.39 is 0 Å². The van der Waals surface area contributed by atoms with E-state index in [1.54, 1.807) is 0 Å². The number of halogens is 1. The van der Waals surface area contributed by atoms with E-state index in [0.29, 0.717) is 12.0 Å². The molecule has 184 valence electrons. The van der Waals surface area contributed by atoms with E-state index in [1.807, 2.05) is 19.3 Å². The SMILES string of the molecule is CCC(CC)C(CNC(=NC)NCCc1nccn1Cc1ccccc1)N1CCOCC1.I. The summed E-state index contributed by atoms with van der Waals surface area (Å²) < 4.78 is 7.79. The summed E-state index contributed by atoms with van der Waals surface area (Å²) in [6.45, 7) is 10.8. The molecule has 3 rings (SSSR count). The van der Waals surface area contributed by atoms with Crippen molar-refractivity contribution < 1.29 is 4.74 Å². The Morgan fingerprint density at radius 3 is 2.52 bits per heavy atom. The Labute approximate surface area is 216 Å². The van der Waals surface area contributed by atoms with Gasteiger partial charge in [0.1, 0.15) is 5.82 Å². The number of nitrogens with one attached hydrogen (secondary N) is 2. The number of aliphatic imine (C=N–C) groups is 1. The lowest BCUT2D eigenvalue weighted by molar-refractivity contribution is 0.00272. The van der Waals surface area contributed by atoms with Crippen LogP contribution in [0.2, 0.25) is 0 Å². The summed E-state index contributed by atoms with van der Waals surface area (Å²) in [7, 11) is 1.84. The Hall–Kier alpha value is -1.65. The maximum atomic E-state index is 5.57. The molecule has 2 heterocycles. The summed E-state index contributed by atoms with van der Waals surface area (Å²) in [5.74, 6) is 2.61. The molecule has 0 radical (unpaired) electrons. The first-order valence-electron chi connectivity index (χ1n) is 12.0. The van der Waals surface area contributed by atoms with Crippen molar-refractivity contribution >= 4 is 29.9 Å². The van der Waals surface area contributed by atoms with Crippen molar-refractivity contribution in [3.63, 3.8) is 0 Å². The Kier molecular flexibility index (Phi) is 12.8. The van der Waals surface area contributed by atoms with Crippen LogP contribution < -0.4 is 10.6 Å². The first-order chi connectivity index (χ1) is 15.7. The highest BCUT2D eigenvalue weighted by atomic mass is 127. The zero-order valence-electron chi connectivity index (χ0n) is 20.4. The summed E-state index contributed by atoms with van der Waals surface area (Å²) in [5, 5.41) is 7.05. The summed E-state index contributed by atoms with van der Waals surface area (Å²) >= 11 is 0. The first-order valence-corrected chi connectivity index (χ1v) is 12.0. The van der Waals surface area contributed by atoms with Gasteiger partial charge in [0.15, 0.2) is 5.96 Å². The number of hydrogen-bond acceptors (Lipinski definition) is 4. The molecule has 1 aliphatic rings. The van der Waals surface area contributed by atoms with E-state index in [4.69, 9.17) is 4.74 Å².